The number of benzene rings is 3. The zero-order valence-corrected chi connectivity index (χ0v) is 16.3. The number of ether oxygens (including phenoxy) is 1. The molecule has 1 N–H and O–H groups in total. The van der Waals surface area contributed by atoms with Crippen LogP contribution in [-0.2, 0) is 0 Å². The lowest BCUT2D eigenvalue weighted by Crippen LogP contribution is -2.12. The first-order valence-corrected chi connectivity index (χ1v) is 9.40. The highest BCUT2D eigenvalue weighted by Crippen LogP contribution is 2.20. The average Bonchev–Trinajstić information content (AvgIpc) is 3.17. The average molecular weight is 397 g/mol. The van der Waals surface area contributed by atoms with Crippen LogP contribution < -0.4 is 10.1 Å². The smallest absolute Gasteiger partial charge is 0.347 e. The molecule has 0 atom stereocenters. The van der Waals surface area contributed by atoms with Gasteiger partial charge in [0.05, 0.1) is 17.6 Å². The van der Waals surface area contributed by atoms with E-state index >= 15 is 0 Å². The number of para-hydroxylation sites is 1. The Morgan fingerprint density at radius 2 is 1.50 bits per heavy atom. The van der Waals surface area contributed by atoms with Gasteiger partial charge >= 0.3 is 5.97 Å². The molecule has 1 amide bonds. The lowest BCUT2D eigenvalue weighted by Gasteiger charge is -2.08. The number of carbonyl (C=O) groups is 2. The first kappa shape index (κ1) is 19.1. The number of anilines is 1. The van der Waals surface area contributed by atoms with E-state index in [2.05, 4.69) is 10.4 Å². The van der Waals surface area contributed by atoms with E-state index in [0.29, 0.717) is 28.3 Å². The van der Waals surface area contributed by atoms with Crippen molar-refractivity contribution in [2.45, 2.75) is 6.92 Å². The number of hydrogen-bond donors (Lipinski definition) is 1. The summed E-state index contributed by atoms with van der Waals surface area (Å²) in [7, 11) is 0. The molecule has 4 aromatic rings. The van der Waals surface area contributed by atoms with E-state index in [-0.39, 0.29) is 5.91 Å². The van der Waals surface area contributed by atoms with Crippen molar-refractivity contribution in [3.63, 3.8) is 0 Å². The summed E-state index contributed by atoms with van der Waals surface area (Å²) < 4.78 is 7.16. The van der Waals surface area contributed by atoms with E-state index in [1.807, 2.05) is 43.3 Å². The molecular formula is C24H19N3O3. The van der Waals surface area contributed by atoms with Crippen molar-refractivity contribution < 1.29 is 14.3 Å². The van der Waals surface area contributed by atoms with Crippen LogP contribution in [0.2, 0.25) is 0 Å². The minimum Gasteiger partial charge on any atom is -0.423 e. The predicted molar refractivity (Wildman–Crippen MR) is 114 cm³/mol. The third kappa shape index (κ3) is 4.12. The van der Waals surface area contributed by atoms with Gasteiger partial charge in [0.15, 0.2) is 0 Å². The van der Waals surface area contributed by atoms with E-state index in [9.17, 15) is 9.59 Å². The highest BCUT2D eigenvalue weighted by molar-refractivity contribution is 6.04. The molecule has 148 valence electrons. The Bertz CT molecular complexity index is 1170. The van der Waals surface area contributed by atoms with Crippen molar-refractivity contribution in [3.8, 4) is 11.4 Å². The summed E-state index contributed by atoms with van der Waals surface area (Å²) in [5.74, 6) is -0.315. The maximum Gasteiger partial charge on any atom is 0.347 e. The molecule has 0 bridgehead atoms. The SMILES string of the molecule is Cc1c(C(=O)Oc2ccc(NC(=O)c3ccccc3)cc2)cnn1-c1ccccc1. The monoisotopic (exact) mass is 397 g/mol. The molecule has 0 aliphatic rings. The maximum atomic E-state index is 12.6. The number of amides is 1. The number of nitrogens with one attached hydrogen (secondary N) is 1. The number of nitrogens with zero attached hydrogens (tertiary/aromatic N) is 2. The Balaban J connectivity index is 1.43. The molecule has 4 rings (SSSR count). The van der Waals surface area contributed by atoms with Gasteiger partial charge in [-0.1, -0.05) is 36.4 Å². The highest BCUT2D eigenvalue weighted by atomic mass is 16.5. The lowest BCUT2D eigenvalue weighted by atomic mass is 10.2. The largest absolute Gasteiger partial charge is 0.423 e. The Morgan fingerprint density at radius 3 is 2.17 bits per heavy atom. The summed E-state index contributed by atoms with van der Waals surface area (Å²) in [6, 6.07) is 25.1. The fourth-order valence-electron chi connectivity index (χ4n) is 3.00. The van der Waals surface area contributed by atoms with Gasteiger partial charge in [0.1, 0.15) is 11.3 Å². The molecule has 0 saturated heterocycles. The van der Waals surface area contributed by atoms with Crippen molar-refractivity contribution >= 4 is 17.6 Å². The van der Waals surface area contributed by atoms with Gasteiger partial charge in [0, 0.05) is 11.3 Å². The van der Waals surface area contributed by atoms with E-state index in [1.54, 1.807) is 53.2 Å². The number of carbonyl (C=O) groups excluding carboxylic acids is 2. The van der Waals surface area contributed by atoms with Crippen molar-refractivity contribution in [2.24, 2.45) is 0 Å². The minimum atomic E-state index is -0.490. The molecular weight excluding hydrogens is 378 g/mol. The number of hydrogen-bond acceptors (Lipinski definition) is 4. The van der Waals surface area contributed by atoms with Gasteiger partial charge in [-0.05, 0) is 55.5 Å². The van der Waals surface area contributed by atoms with Crippen LogP contribution in [0, 0.1) is 6.92 Å². The van der Waals surface area contributed by atoms with Gasteiger partial charge in [0.2, 0.25) is 0 Å². The van der Waals surface area contributed by atoms with Crippen LogP contribution in [0.3, 0.4) is 0 Å². The van der Waals surface area contributed by atoms with Crippen LogP contribution in [0.4, 0.5) is 5.69 Å². The standard InChI is InChI=1S/C24H19N3O3/c1-17-22(16-25-27(17)20-10-6-3-7-11-20)24(29)30-21-14-12-19(13-15-21)26-23(28)18-8-4-2-5-9-18/h2-16H,1H3,(H,26,28). The second-order valence-electron chi connectivity index (χ2n) is 6.63. The fraction of sp³-hybridized carbons (Fsp3) is 0.0417. The van der Waals surface area contributed by atoms with Crippen LogP contribution in [0.15, 0.2) is 91.1 Å². The van der Waals surface area contributed by atoms with E-state index in [1.165, 1.54) is 6.20 Å². The summed E-state index contributed by atoms with van der Waals surface area (Å²) in [5.41, 5.74) is 3.13. The first-order valence-electron chi connectivity index (χ1n) is 9.40. The summed E-state index contributed by atoms with van der Waals surface area (Å²) in [4.78, 5) is 24.8. The molecule has 6 nitrogen and oxygen atoms in total. The number of rotatable bonds is 5. The summed E-state index contributed by atoms with van der Waals surface area (Å²) in [5, 5.41) is 7.10. The third-order valence-electron chi connectivity index (χ3n) is 4.59. The topological polar surface area (TPSA) is 73.2 Å². The predicted octanol–water partition coefficient (Wildman–Crippen LogP) is 4.65. The summed E-state index contributed by atoms with van der Waals surface area (Å²) in [6.07, 6.45) is 1.50. The van der Waals surface area contributed by atoms with Gasteiger partial charge in [-0.25, -0.2) is 9.48 Å². The zero-order chi connectivity index (χ0) is 20.9. The molecule has 3 aromatic carbocycles. The number of esters is 1. The molecule has 0 unspecified atom stereocenters. The van der Waals surface area contributed by atoms with Gasteiger partial charge in [-0.3, -0.25) is 4.79 Å². The Morgan fingerprint density at radius 1 is 0.867 bits per heavy atom. The van der Waals surface area contributed by atoms with Gasteiger partial charge < -0.3 is 10.1 Å². The lowest BCUT2D eigenvalue weighted by molar-refractivity contribution is 0.0733. The summed E-state index contributed by atoms with van der Waals surface area (Å²) in [6.45, 7) is 1.82. The normalized spacial score (nSPS) is 10.4. The minimum absolute atomic E-state index is 0.204. The quantitative estimate of drug-likeness (QED) is 0.393. The van der Waals surface area contributed by atoms with E-state index in [4.69, 9.17) is 4.74 Å². The zero-order valence-electron chi connectivity index (χ0n) is 16.3. The second-order valence-corrected chi connectivity index (χ2v) is 6.63. The Labute approximate surface area is 173 Å². The maximum absolute atomic E-state index is 12.6. The molecule has 0 saturated carbocycles. The molecule has 1 heterocycles. The van der Waals surface area contributed by atoms with Crippen LogP contribution in [0.1, 0.15) is 26.4 Å². The molecule has 30 heavy (non-hydrogen) atoms. The Hall–Kier alpha value is -4.19. The van der Waals surface area contributed by atoms with Crippen LogP contribution >= 0.6 is 0 Å². The summed E-state index contributed by atoms with van der Waals surface area (Å²) >= 11 is 0. The van der Waals surface area contributed by atoms with Crippen LogP contribution in [-0.4, -0.2) is 21.7 Å². The molecule has 0 aliphatic carbocycles. The van der Waals surface area contributed by atoms with Crippen molar-refractivity contribution in [1.29, 1.82) is 0 Å². The molecule has 0 radical (unpaired) electrons. The van der Waals surface area contributed by atoms with Gasteiger partial charge in [0.25, 0.3) is 5.91 Å². The highest BCUT2D eigenvalue weighted by Gasteiger charge is 2.17. The van der Waals surface area contributed by atoms with E-state index < -0.39 is 5.97 Å². The fourth-order valence-corrected chi connectivity index (χ4v) is 3.00. The molecule has 0 aliphatic heterocycles. The molecule has 1 aromatic heterocycles. The number of aromatic nitrogens is 2. The van der Waals surface area contributed by atoms with Crippen LogP contribution in [0.5, 0.6) is 5.75 Å². The molecule has 0 spiro atoms. The van der Waals surface area contributed by atoms with Crippen molar-refractivity contribution in [3.05, 3.63) is 108 Å². The van der Waals surface area contributed by atoms with Crippen molar-refractivity contribution in [1.82, 2.24) is 9.78 Å². The molecule has 0 fully saturated rings. The molecule has 6 heteroatoms. The van der Waals surface area contributed by atoms with Gasteiger partial charge in [-0.2, -0.15) is 5.10 Å². The van der Waals surface area contributed by atoms with E-state index in [0.717, 1.165) is 5.69 Å². The third-order valence-corrected chi connectivity index (χ3v) is 4.59. The van der Waals surface area contributed by atoms with Crippen molar-refractivity contribution in [2.75, 3.05) is 5.32 Å². The second kappa shape index (κ2) is 8.45. The Kier molecular flexibility index (Phi) is 5.39. The van der Waals surface area contributed by atoms with Gasteiger partial charge in [-0.15, -0.1) is 0 Å². The first-order chi connectivity index (χ1) is 14.6. The van der Waals surface area contributed by atoms with Crippen LogP contribution in [0.25, 0.3) is 5.69 Å².